The maximum Gasteiger partial charge on any atom is 0.191 e. The van der Waals surface area contributed by atoms with Crippen LogP contribution >= 0.6 is 24.0 Å². The Morgan fingerprint density at radius 2 is 1.86 bits per heavy atom. The van der Waals surface area contributed by atoms with Crippen LogP contribution in [0.1, 0.15) is 24.8 Å². The first-order valence-corrected chi connectivity index (χ1v) is 7.48. The summed E-state index contributed by atoms with van der Waals surface area (Å²) in [4.78, 5) is 6.81. The van der Waals surface area contributed by atoms with Gasteiger partial charge in [-0.25, -0.2) is 0 Å². The Balaban J connectivity index is 0.00000161. The highest BCUT2D eigenvalue weighted by Gasteiger charge is 2.38. The van der Waals surface area contributed by atoms with E-state index in [1.807, 2.05) is 0 Å². The molecule has 0 aromatic heterocycles. The lowest BCUT2D eigenvalue weighted by molar-refractivity contribution is 0.0673. The van der Waals surface area contributed by atoms with Crippen molar-refractivity contribution in [2.24, 2.45) is 10.7 Å². The number of guanidine groups is 1. The van der Waals surface area contributed by atoms with Crippen molar-refractivity contribution in [1.29, 1.82) is 0 Å². The van der Waals surface area contributed by atoms with E-state index in [-0.39, 0.29) is 29.4 Å². The Labute approximate surface area is 143 Å². The maximum atomic E-state index is 6.13. The Hall–Kier alpha value is -0.820. The van der Waals surface area contributed by atoms with E-state index in [0.29, 0.717) is 5.96 Å². The number of rotatable bonds is 3. The number of ether oxygens (including phenoxy) is 1. The van der Waals surface area contributed by atoms with Crippen molar-refractivity contribution in [3.8, 4) is 0 Å². The van der Waals surface area contributed by atoms with E-state index in [2.05, 4.69) is 40.2 Å². The van der Waals surface area contributed by atoms with E-state index in [4.69, 9.17) is 10.5 Å². The van der Waals surface area contributed by atoms with Gasteiger partial charge in [-0.1, -0.05) is 36.8 Å². The van der Waals surface area contributed by atoms with Crippen LogP contribution in [0.25, 0.3) is 0 Å². The fourth-order valence-electron chi connectivity index (χ4n) is 3.06. The molecule has 4 nitrogen and oxygen atoms in total. The average molecular weight is 401 g/mol. The third-order valence-electron chi connectivity index (χ3n) is 4.58. The molecule has 1 aromatic carbocycles. The van der Waals surface area contributed by atoms with Gasteiger partial charge in [-0.3, -0.25) is 4.99 Å². The number of halogens is 1. The molecule has 0 bridgehead atoms. The average Bonchev–Trinajstić information content (AvgIpc) is 2.48. The molecule has 1 saturated heterocycles. The van der Waals surface area contributed by atoms with Crippen LogP contribution in [0.3, 0.4) is 0 Å². The molecular weight excluding hydrogens is 377 g/mol. The molecule has 0 amide bonds. The maximum absolute atomic E-state index is 6.13. The fourth-order valence-corrected chi connectivity index (χ4v) is 3.06. The zero-order valence-electron chi connectivity index (χ0n) is 12.3. The summed E-state index contributed by atoms with van der Waals surface area (Å²) < 4.78 is 5.34. The van der Waals surface area contributed by atoms with Crippen molar-refractivity contribution in [2.75, 3.05) is 32.8 Å². The van der Waals surface area contributed by atoms with Gasteiger partial charge in [-0.05, 0) is 18.4 Å². The molecule has 1 aliphatic carbocycles. The molecule has 3 rings (SSSR count). The SMILES string of the molecule is I.NC(=NCC1(c2ccccc2)CCC1)N1CCOCC1. The highest BCUT2D eigenvalue weighted by atomic mass is 127. The Kier molecular flexibility index (Phi) is 5.87. The molecule has 1 saturated carbocycles. The van der Waals surface area contributed by atoms with Crippen LogP contribution in [-0.2, 0) is 10.2 Å². The topological polar surface area (TPSA) is 50.8 Å². The van der Waals surface area contributed by atoms with Gasteiger partial charge in [0.05, 0.1) is 19.8 Å². The van der Waals surface area contributed by atoms with Crippen LogP contribution in [0.2, 0.25) is 0 Å². The summed E-state index contributed by atoms with van der Waals surface area (Å²) in [6.45, 7) is 4.02. The van der Waals surface area contributed by atoms with Gasteiger partial charge in [0.25, 0.3) is 0 Å². The van der Waals surface area contributed by atoms with E-state index in [0.717, 1.165) is 32.8 Å². The van der Waals surface area contributed by atoms with E-state index in [1.54, 1.807) is 0 Å². The van der Waals surface area contributed by atoms with E-state index < -0.39 is 0 Å². The van der Waals surface area contributed by atoms with Crippen molar-refractivity contribution in [1.82, 2.24) is 4.90 Å². The van der Waals surface area contributed by atoms with Gasteiger partial charge in [0, 0.05) is 18.5 Å². The number of nitrogens with zero attached hydrogens (tertiary/aromatic N) is 2. The van der Waals surface area contributed by atoms with Gasteiger partial charge in [0.15, 0.2) is 5.96 Å². The fraction of sp³-hybridized carbons (Fsp3) is 0.562. The third-order valence-corrected chi connectivity index (χ3v) is 4.58. The summed E-state index contributed by atoms with van der Waals surface area (Å²) in [7, 11) is 0. The molecule has 2 aliphatic rings. The van der Waals surface area contributed by atoms with Crippen molar-refractivity contribution >= 4 is 29.9 Å². The molecular formula is C16H24IN3O. The smallest absolute Gasteiger partial charge is 0.191 e. The summed E-state index contributed by atoms with van der Waals surface area (Å²) in [5.41, 5.74) is 7.76. The summed E-state index contributed by atoms with van der Waals surface area (Å²) in [6.07, 6.45) is 3.73. The summed E-state index contributed by atoms with van der Waals surface area (Å²) in [6, 6.07) is 10.7. The molecule has 116 valence electrons. The van der Waals surface area contributed by atoms with Crippen molar-refractivity contribution in [3.05, 3.63) is 35.9 Å². The Morgan fingerprint density at radius 3 is 2.43 bits per heavy atom. The second-order valence-electron chi connectivity index (χ2n) is 5.77. The molecule has 1 aliphatic heterocycles. The zero-order valence-corrected chi connectivity index (χ0v) is 14.7. The van der Waals surface area contributed by atoms with Crippen LogP contribution in [-0.4, -0.2) is 43.7 Å². The zero-order chi connectivity index (χ0) is 13.8. The van der Waals surface area contributed by atoms with Crippen LogP contribution in [0.4, 0.5) is 0 Å². The molecule has 1 heterocycles. The van der Waals surface area contributed by atoms with E-state index in [9.17, 15) is 0 Å². The van der Waals surface area contributed by atoms with E-state index >= 15 is 0 Å². The normalized spacial score (nSPS) is 21.3. The monoisotopic (exact) mass is 401 g/mol. The van der Waals surface area contributed by atoms with Gasteiger partial charge in [-0.2, -0.15) is 0 Å². The first kappa shape index (κ1) is 16.5. The molecule has 2 N–H and O–H groups in total. The lowest BCUT2D eigenvalue weighted by atomic mass is 9.64. The van der Waals surface area contributed by atoms with Crippen LogP contribution in [0.15, 0.2) is 35.3 Å². The van der Waals surface area contributed by atoms with Crippen molar-refractivity contribution < 1.29 is 4.74 Å². The highest BCUT2D eigenvalue weighted by molar-refractivity contribution is 14.0. The van der Waals surface area contributed by atoms with Crippen molar-refractivity contribution in [3.63, 3.8) is 0 Å². The first-order valence-electron chi connectivity index (χ1n) is 7.48. The lowest BCUT2D eigenvalue weighted by Gasteiger charge is -2.41. The van der Waals surface area contributed by atoms with Gasteiger partial charge in [-0.15, -0.1) is 24.0 Å². The summed E-state index contributed by atoms with van der Waals surface area (Å²) >= 11 is 0. The molecule has 0 atom stereocenters. The van der Waals surface area contributed by atoms with Gasteiger partial charge < -0.3 is 15.4 Å². The number of hydrogen-bond donors (Lipinski definition) is 1. The quantitative estimate of drug-likeness (QED) is 0.481. The van der Waals surface area contributed by atoms with Crippen molar-refractivity contribution in [2.45, 2.75) is 24.7 Å². The van der Waals surface area contributed by atoms with Crippen LogP contribution < -0.4 is 5.73 Å². The number of benzene rings is 1. The standard InChI is InChI=1S/C16H23N3O.HI/c17-15(19-9-11-20-12-10-19)18-13-16(7-4-8-16)14-5-2-1-3-6-14;/h1-3,5-6H,4,7-13H2,(H2,17,18);1H. The molecule has 1 aromatic rings. The molecule has 2 fully saturated rings. The molecule has 0 radical (unpaired) electrons. The second kappa shape index (κ2) is 7.45. The largest absolute Gasteiger partial charge is 0.378 e. The Morgan fingerprint density at radius 1 is 1.19 bits per heavy atom. The number of aliphatic imine (C=N–C) groups is 1. The van der Waals surface area contributed by atoms with Crippen LogP contribution in [0, 0.1) is 0 Å². The number of morpholine rings is 1. The first-order chi connectivity index (χ1) is 9.80. The minimum atomic E-state index is 0. The molecule has 21 heavy (non-hydrogen) atoms. The number of nitrogens with two attached hydrogens (primary N) is 1. The molecule has 5 heteroatoms. The lowest BCUT2D eigenvalue weighted by Crippen LogP contribution is -2.46. The van der Waals surface area contributed by atoms with Crippen LogP contribution in [0.5, 0.6) is 0 Å². The predicted molar refractivity (Wildman–Crippen MR) is 96.3 cm³/mol. The second-order valence-corrected chi connectivity index (χ2v) is 5.77. The number of hydrogen-bond acceptors (Lipinski definition) is 2. The third kappa shape index (κ3) is 3.69. The molecule has 0 spiro atoms. The minimum absolute atomic E-state index is 0. The summed E-state index contributed by atoms with van der Waals surface area (Å²) in [5.74, 6) is 0.676. The minimum Gasteiger partial charge on any atom is -0.378 e. The Bertz CT molecular complexity index is 468. The van der Waals surface area contributed by atoms with Gasteiger partial charge >= 0.3 is 0 Å². The highest BCUT2D eigenvalue weighted by Crippen LogP contribution is 2.43. The molecule has 0 unspecified atom stereocenters. The summed E-state index contributed by atoms with van der Waals surface area (Å²) in [5, 5.41) is 0. The van der Waals surface area contributed by atoms with E-state index in [1.165, 1.54) is 24.8 Å². The van der Waals surface area contributed by atoms with Gasteiger partial charge in [0.1, 0.15) is 0 Å². The van der Waals surface area contributed by atoms with Gasteiger partial charge in [0.2, 0.25) is 0 Å². The predicted octanol–water partition coefficient (Wildman–Crippen LogP) is 2.37.